The fourth-order valence-corrected chi connectivity index (χ4v) is 6.41. The molecule has 4 aromatic rings. The van der Waals surface area contributed by atoms with Crippen molar-refractivity contribution < 1.29 is 0 Å². The minimum absolute atomic E-state index is 0.180. The Bertz CT molecular complexity index is 921. The van der Waals surface area contributed by atoms with E-state index in [1.807, 2.05) is 46.0 Å². The van der Waals surface area contributed by atoms with Crippen LogP contribution in [0.3, 0.4) is 0 Å². The van der Waals surface area contributed by atoms with Crippen LogP contribution in [0.2, 0.25) is 10.0 Å². The van der Waals surface area contributed by atoms with Gasteiger partial charge in [-0.3, -0.25) is 0 Å². The molecule has 0 saturated carbocycles. The van der Waals surface area contributed by atoms with Crippen molar-refractivity contribution >= 4 is 38.2 Å². The molecule has 2 atom stereocenters. The van der Waals surface area contributed by atoms with Crippen LogP contribution < -0.4 is 0 Å². The van der Waals surface area contributed by atoms with Crippen LogP contribution in [0.15, 0.2) is 73.3 Å². The molecule has 0 saturated heterocycles. The van der Waals surface area contributed by atoms with Gasteiger partial charge in [-0.15, -0.1) is 0 Å². The average molecular weight is 492 g/mol. The monoisotopic (exact) mass is 492 g/mol. The van der Waals surface area contributed by atoms with Crippen LogP contribution in [0.5, 0.6) is 0 Å². The molecule has 0 radical (unpaired) electrons. The molecule has 29 heavy (non-hydrogen) atoms. The number of rotatable bonds is 8. The van der Waals surface area contributed by atoms with Crippen LogP contribution in [-0.4, -0.2) is 44.9 Å². The van der Waals surface area contributed by atoms with E-state index in [1.165, 1.54) is 11.1 Å². The zero-order valence-electron chi connectivity index (χ0n) is 15.3. The van der Waals surface area contributed by atoms with Crippen LogP contribution in [0.4, 0.5) is 0 Å². The topological polar surface area (TPSA) is 61.4 Å². The predicted molar refractivity (Wildman–Crippen MR) is 114 cm³/mol. The normalized spacial score (nSPS) is 13.3. The van der Waals surface area contributed by atoms with Crippen molar-refractivity contribution in [3.63, 3.8) is 0 Å². The third-order valence-electron chi connectivity index (χ3n) is 4.46. The molecule has 9 heteroatoms. The van der Waals surface area contributed by atoms with E-state index in [4.69, 9.17) is 23.2 Å². The van der Waals surface area contributed by atoms with Gasteiger partial charge in [0, 0.05) is 0 Å². The summed E-state index contributed by atoms with van der Waals surface area (Å²) in [6.45, 7) is 1.51. The van der Waals surface area contributed by atoms with Gasteiger partial charge in [-0.1, -0.05) is 0 Å². The third-order valence-corrected chi connectivity index (χ3v) is 8.11. The van der Waals surface area contributed by atoms with Gasteiger partial charge in [-0.25, -0.2) is 0 Å². The Balaban J connectivity index is 1.64. The van der Waals surface area contributed by atoms with Crippen molar-refractivity contribution in [2.75, 3.05) is 0 Å². The first-order valence-corrected chi connectivity index (χ1v) is 11.8. The third kappa shape index (κ3) is 5.46. The van der Waals surface area contributed by atoms with Crippen LogP contribution in [0.1, 0.15) is 20.8 Å². The van der Waals surface area contributed by atoms with Crippen LogP contribution in [0.25, 0.3) is 0 Å². The number of benzene rings is 2. The molecule has 0 aliphatic heterocycles. The summed E-state index contributed by atoms with van der Waals surface area (Å²) in [7, 11) is 0. The molecule has 0 aliphatic carbocycles. The summed E-state index contributed by atoms with van der Waals surface area (Å²) in [4.78, 5) is 0.566. The van der Waals surface area contributed by atoms with E-state index < -0.39 is 0 Å². The molecule has 0 N–H and O–H groups in total. The van der Waals surface area contributed by atoms with Gasteiger partial charge in [0.15, 0.2) is 0 Å². The molecule has 4 rings (SSSR count). The summed E-state index contributed by atoms with van der Waals surface area (Å²) >= 11 is 12.4. The maximum atomic E-state index is 6.12. The molecule has 2 unspecified atom stereocenters. The molecule has 2 heterocycles. The van der Waals surface area contributed by atoms with E-state index in [0.29, 0.717) is 0 Å². The summed E-state index contributed by atoms with van der Waals surface area (Å²) in [6.07, 6.45) is 7.21. The fourth-order valence-electron chi connectivity index (χ4n) is 3.01. The number of nitrogens with zero attached hydrogens (tertiary/aromatic N) is 6. The first-order valence-electron chi connectivity index (χ1n) is 9.02. The van der Waals surface area contributed by atoms with Gasteiger partial charge in [0.25, 0.3) is 0 Å². The summed E-state index contributed by atoms with van der Waals surface area (Å²) in [5.74, 6) is 0. The molecular formula is C20H18Cl2N6Se. The Morgan fingerprint density at radius 1 is 0.690 bits per heavy atom. The molecule has 2 aromatic carbocycles. The summed E-state index contributed by atoms with van der Waals surface area (Å²) in [6, 6.07) is 16.2. The van der Waals surface area contributed by atoms with Gasteiger partial charge in [0.2, 0.25) is 0 Å². The van der Waals surface area contributed by atoms with Crippen molar-refractivity contribution in [1.82, 2.24) is 30.0 Å². The molecule has 0 spiro atoms. The Morgan fingerprint density at radius 3 is 1.45 bits per heavy atom. The van der Waals surface area contributed by atoms with Crippen molar-refractivity contribution in [3.05, 3.63) is 94.5 Å². The molecule has 0 amide bonds. The van der Waals surface area contributed by atoms with Crippen LogP contribution >= 0.6 is 23.2 Å². The first kappa shape index (κ1) is 20.1. The minimum atomic E-state index is 0.180. The van der Waals surface area contributed by atoms with Gasteiger partial charge in [0.05, 0.1) is 0 Å². The summed E-state index contributed by atoms with van der Waals surface area (Å²) in [5.41, 5.74) is 2.48. The van der Waals surface area contributed by atoms with Crippen molar-refractivity contribution in [1.29, 1.82) is 0 Å². The van der Waals surface area contributed by atoms with Crippen molar-refractivity contribution in [3.8, 4) is 0 Å². The maximum absolute atomic E-state index is 6.12. The van der Waals surface area contributed by atoms with E-state index in [9.17, 15) is 0 Å². The van der Waals surface area contributed by atoms with Crippen LogP contribution in [-0.2, 0) is 13.1 Å². The number of hydrogen-bond acceptors (Lipinski definition) is 4. The number of hydrogen-bond donors (Lipinski definition) is 0. The average Bonchev–Trinajstić information content (AvgIpc) is 3.42. The molecule has 0 fully saturated rings. The van der Waals surface area contributed by atoms with Crippen LogP contribution in [0, 0.1) is 0 Å². The molecule has 0 aliphatic rings. The van der Waals surface area contributed by atoms with Gasteiger partial charge in [0.1, 0.15) is 0 Å². The summed E-state index contributed by atoms with van der Waals surface area (Å²) in [5, 5.41) is 17.7. The Hall–Kier alpha value is -2.18. The molecule has 0 bridgehead atoms. The number of aromatic nitrogens is 6. The first-order chi connectivity index (χ1) is 14.2. The standard InChI is InChI=1S/C20H18Cl2N6Se/c21-17-5-1-15(2-6-17)19(13-27-11-9-23-25-27)29-20(14-28-12-10-24-26-28)16-3-7-18(22)8-4-16/h1-12,19-20H,13-14H2. The van der Waals surface area contributed by atoms with Gasteiger partial charge < -0.3 is 0 Å². The van der Waals surface area contributed by atoms with Gasteiger partial charge in [-0.05, 0) is 0 Å². The second kappa shape index (κ2) is 9.55. The SMILES string of the molecule is Clc1ccc(C(Cn2ccnn2)[Se]C(Cn2ccnn2)c2ccc(Cl)cc2)cc1. The van der Waals surface area contributed by atoms with E-state index >= 15 is 0 Å². The molecular weight excluding hydrogens is 474 g/mol. The Labute approximate surface area is 185 Å². The van der Waals surface area contributed by atoms with E-state index in [1.54, 1.807) is 12.4 Å². The second-order valence-electron chi connectivity index (χ2n) is 6.47. The van der Waals surface area contributed by atoms with Crippen molar-refractivity contribution in [2.24, 2.45) is 0 Å². The fraction of sp³-hybridized carbons (Fsp3) is 0.200. The van der Waals surface area contributed by atoms with E-state index in [0.717, 1.165) is 23.1 Å². The van der Waals surface area contributed by atoms with E-state index in [-0.39, 0.29) is 24.6 Å². The molecule has 2 aromatic heterocycles. The van der Waals surface area contributed by atoms with Gasteiger partial charge in [-0.2, -0.15) is 0 Å². The molecule has 6 nitrogen and oxygen atoms in total. The van der Waals surface area contributed by atoms with Gasteiger partial charge >= 0.3 is 185 Å². The predicted octanol–water partition coefficient (Wildman–Crippen LogP) is 4.06. The number of halogens is 2. The summed E-state index contributed by atoms with van der Waals surface area (Å²) < 4.78 is 3.77. The quantitative estimate of drug-likeness (QED) is 0.348. The Kier molecular flexibility index (Phi) is 6.62. The van der Waals surface area contributed by atoms with Crippen molar-refractivity contribution in [2.45, 2.75) is 22.7 Å². The Morgan fingerprint density at radius 2 is 1.10 bits per heavy atom. The zero-order chi connectivity index (χ0) is 20.1. The van der Waals surface area contributed by atoms with E-state index in [2.05, 4.69) is 44.9 Å². The zero-order valence-corrected chi connectivity index (χ0v) is 18.6. The second-order valence-corrected chi connectivity index (χ2v) is 10.3. The molecule has 148 valence electrons.